The summed E-state index contributed by atoms with van der Waals surface area (Å²) in [4.78, 5) is 26.6. The number of hydrogen-bond donors (Lipinski definition) is 1. The van der Waals surface area contributed by atoms with Crippen LogP contribution in [0.5, 0.6) is 0 Å². The molecule has 0 aromatic carbocycles. The summed E-state index contributed by atoms with van der Waals surface area (Å²) in [7, 11) is 0. The minimum atomic E-state index is -0.342. The first-order chi connectivity index (χ1) is 9.33. The summed E-state index contributed by atoms with van der Waals surface area (Å²) in [6.07, 6.45) is 1.34. The van der Waals surface area contributed by atoms with Gasteiger partial charge >= 0.3 is 0 Å². The van der Waals surface area contributed by atoms with Gasteiger partial charge in [-0.3, -0.25) is 9.59 Å². The second-order valence-corrected chi connectivity index (χ2v) is 6.54. The maximum atomic E-state index is 12.6. The van der Waals surface area contributed by atoms with Gasteiger partial charge in [0.05, 0.1) is 0 Å². The number of hydrogen-bond acceptors (Lipinski definition) is 2. The van der Waals surface area contributed by atoms with Crippen molar-refractivity contribution >= 4 is 11.8 Å². The van der Waals surface area contributed by atoms with Gasteiger partial charge in [-0.2, -0.15) is 0 Å². The fourth-order valence-electron chi connectivity index (χ4n) is 3.14. The highest BCUT2D eigenvalue weighted by Gasteiger charge is 2.40. The Balaban J connectivity index is 2.96. The Morgan fingerprint density at radius 2 is 1.60 bits per heavy atom. The van der Waals surface area contributed by atoms with E-state index in [1.807, 2.05) is 18.7 Å². The molecule has 2 atom stereocenters. The molecule has 2 amide bonds. The predicted molar refractivity (Wildman–Crippen MR) is 81.2 cm³/mol. The van der Waals surface area contributed by atoms with E-state index in [9.17, 15) is 9.59 Å². The van der Waals surface area contributed by atoms with E-state index in [2.05, 4.69) is 33.0 Å². The first-order valence-electron chi connectivity index (χ1n) is 7.94. The normalized spacial score (nSPS) is 23.9. The van der Waals surface area contributed by atoms with Crippen molar-refractivity contribution in [3.05, 3.63) is 0 Å². The highest BCUT2D eigenvalue weighted by Crippen LogP contribution is 2.25. The van der Waals surface area contributed by atoms with Crippen molar-refractivity contribution in [2.45, 2.75) is 66.5 Å². The van der Waals surface area contributed by atoms with Crippen molar-refractivity contribution in [2.75, 3.05) is 6.54 Å². The SMILES string of the molecule is CCC1NC(=O)C(CC)N(CC(C(C)C)C(C)C)C1=O. The molecule has 1 heterocycles. The molecule has 1 rings (SSSR count). The third kappa shape index (κ3) is 3.53. The van der Waals surface area contributed by atoms with E-state index in [-0.39, 0.29) is 23.9 Å². The standard InChI is InChI=1S/C16H30N2O2/c1-7-13-16(20)18(14(8-2)15(19)17-13)9-12(10(3)4)11(5)6/h10-14H,7-9H2,1-6H3,(H,17,19). The van der Waals surface area contributed by atoms with Gasteiger partial charge in [-0.15, -0.1) is 0 Å². The first kappa shape index (κ1) is 17.0. The van der Waals surface area contributed by atoms with E-state index in [1.54, 1.807) is 0 Å². The van der Waals surface area contributed by atoms with Crippen molar-refractivity contribution in [3.8, 4) is 0 Å². The average Bonchev–Trinajstić information content (AvgIpc) is 2.37. The Morgan fingerprint density at radius 1 is 1.05 bits per heavy atom. The Labute approximate surface area is 123 Å². The van der Waals surface area contributed by atoms with Gasteiger partial charge in [0.2, 0.25) is 11.8 Å². The largest absolute Gasteiger partial charge is 0.343 e. The molecule has 0 saturated carbocycles. The number of piperazine rings is 1. The van der Waals surface area contributed by atoms with E-state index in [1.165, 1.54) is 0 Å². The Hall–Kier alpha value is -1.06. The van der Waals surface area contributed by atoms with Gasteiger partial charge in [0.15, 0.2) is 0 Å². The van der Waals surface area contributed by atoms with Crippen LogP contribution in [0.25, 0.3) is 0 Å². The van der Waals surface area contributed by atoms with E-state index < -0.39 is 0 Å². The molecule has 0 bridgehead atoms. The van der Waals surface area contributed by atoms with Crippen LogP contribution in [-0.2, 0) is 9.59 Å². The lowest BCUT2D eigenvalue weighted by atomic mass is 9.84. The zero-order chi connectivity index (χ0) is 15.4. The summed E-state index contributed by atoms with van der Waals surface area (Å²) >= 11 is 0. The minimum Gasteiger partial charge on any atom is -0.343 e. The zero-order valence-electron chi connectivity index (χ0n) is 13.8. The molecular formula is C16H30N2O2. The Kier molecular flexibility index (Phi) is 6.03. The van der Waals surface area contributed by atoms with Crippen molar-refractivity contribution in [3.63, 3.8) is 0 Å². The molecule has 0 aromatic heterocycles. The molecule has 20 heavy (non-hydrogen) atoms. The second kappa shape index (κ2) is 7.09. The number of nitrogens with zero attached hydrogens (tertiary/aromatic N) is 1. The second-order valence-electron chi connectivity index (χ2n) is 6.54. The number of amides is 2. The van der Waals surface area contributed by atoms with Crippen molar-refractivity contribution in [2.24, 2.45) is 17.8 Å². The van der Waals surface area contributed by atoms with Crippen LogP contribution in [0.2, 0.25) is 0 Å². The topological polar surface area (TPSA) is 49.4 Å². The summed E-state index contributed by atoms with van der Waals surface area (Å²) in [5.74, 6) is 1.53. The maximum absolute atomic E-state index is 12.6. The van der Waals surface area contributed by atoms with Crippen LogP contribution in [0.4, 0.5) is 0 Å². The molecule has 0 spiro atoms. The molecule has 1 saturated heterocycles. The number of rotatable bonds is 6. The smallest absolute Gasteiger partial charge is 0.245 e. The summed E-state index contributed by atoms with van der Waals surface area (Å²) in [6, 6.07) is -0.643. The molecule has 4 nitrogen and oxygen atoms in total. The fourth-order valence-corrected chi connectivity index (χ4v) is 3.14. The number of carbonyl (C=O) groups is 2. The van der Waals surface area contributed by atoms with E-state index >= 15 is 0 Å². The zero-order valence-corrected chi connectivity index (χ0v) is 13.8. The summed E-state index contributed by atoms with van der Waals surface area (Å²) in [5, 5.41) is 2.85. The molecule has 2 unspecified atom stereocenters. The molecule has 4 heteroatoms. The van der Waals surface area contributed by atoms with Gasteiger partial charge in [0.25, 0.3) is 0 Å². The minimum absolute atomic E-state index is 0.00483. The average molecular weight is 282 g/mol. The van der Waals surface area contributed by atoms with E-state index in [4.69, 9.17) is 0 Å². The summed E-state index contributed by atoms with van der Waals surface area (Å²) < 4.78 is 0. The summed E-state index contributed by atoms with van der Waals surface area (Å²) in [6.45, 7) is 13.4. The predicted octanol–water partition coefficient (Wildman–Crippen LogP) is 2.43. The third-order valence-electron chi connectivity index (χ3n) is 4.49. The van der Waals surface area contributed by atoms with E-state index in [0.717, 1.165) is 0 Å². The highest BCUT2D eigenvalue weighted by molar-refractivity contribution is 5.96. The van der Waals surface area contributed by atoms with E-state index in [0.29, 0.717) is 37.1 Å². The lowest BCUT2D eigenvalue weighted by Crippen LogP contribution is -2.64. The maximum Gasteiger partial charge on any atom is 0.245 e. The molecule has 116 valence electrons. The number of nitrogens with one attached hydrogen (secondary N) is 1. The Morgan fingerprint density at radius 3 is 2.00 bits per heavy atom. The van der Waals surface area contributed by atoms with Gasteiger partial charge < -0.3 is 10.2 Å². The van der Waals surface area contributed by atoms with Gasteiger partial charge in [0, 0.05) is 6.54 Å². The lowest BCUT2D eigenvalue weighted by molar-refractivity contribution is -0.150. The van der Waals surface area contributed by atoms with Crippen LogP contribution in [0.1, 0.15) is 54.4 Å². The van der Waals surface area contributed by atoms with Crippen LogP contribution in [-0.4, -0.2) is 35.3 Å². The lowest BCUT2D eigenvalue weighted by Gasteiger charge is -2.41. The quantitative estimate of drug-likeness (QED) is 0.813. The summed E-state index contributed by atoms with van der Waals surface area (Å²) in [5.41, 5.74) is 0. The Bertz CT molecular complexity index is 344. The van der Waals surface area contributed by atoms with Gasteiger partial charge in [0.1, 0.15) is 12.1 Å². The van der Waals surface area contributed by atoms with Crippen molar-refractivity contribution < 1.29 is 9.59 Å². The van der Waals surface area contributed by atoms with Crippen LogP contribution < -0.4 is 5.32 Å². The molecule has 1 aliphatic heterocycles. The third-order valence-corrected chi connectivity index (χ3v) is 4.49. The van der Waals surface area contributed by atoms with Crippen LogP contribution in [0.15, 0.2) is 0 Å². The molecule has 0 radical (unpaired) electrons. The van der Waals surface area contributed by atoms with Crippen molar-refractivity contribution in [1.29, 1.82) is 0 Å². The molecule has 0 aliphatic carbocycles. The first-order valence-corrected chi connectivity index (χ1v) is 7.94. The highest BCUT2D eigenvalue weighted by atomic mass is 16.2. The van der Waals surface area contributed by atoms with Crippen LogP contribution in [0.3, 0.4) is 0 Å². The van der Waals surface area contributed by atoms with Crippen LogP contribution >= 0.6 is 0 Å². The van der Waals surface area contributed by atoms with Crippen molar-refractivity contribution in [1.82, 2.24) is 10.2 Å². The van der Waals surface area contributed by atoms with Crippen LogP contribution in [0, 0.1) is 17.8 Å². The molecule has 0 aromatic rings. The molecule has 1 aliphatic rings. The van der Waals surface area contributed by atoms with Gasteiger partial charge in [-0.05, 0) is 30.6 Å². The molecular weight excluding hydrogens is 252 g/mol. The number of carbonyl (C=O) groups excluding carboxylic acids is 2. The van der Waals surface area contributed by atoms with Gasteiger partial charge in [-0.25, -0.2) is 0 Å². The fraction of sp³-hybridized carbons (Fsp3) is 0.875. The molecule has 1 fully saturated rings. The molecule has 1 N–H and O–H groups in total. The van der Waals surface area contributed by atoms with Gasteiger partial charge in [-0.1, -0.05) is 41.5 Å². The monoisotopic (exact) mass is 282 g/mol.